The molecule has 31 heavy (non-hydrogen) atoms. The largest absolute Gasteiger partial charge is 0.316 e. The lowest BCUT2D eigenvalue weighted by molar-refractivity contribution is -0.113. The van der Waals surface area contributed by atoms with E-state index in [-0.39, 0.29) is 17.4 Å². The summed E-state index contributed by atoms with van der Waals surface area (Å²) in [6.45, 7) is 6.22. The number of aromatic nitrogens is 3. The van der Waals surface area contributed by atoms with Crippen LogP contribution in [0, 0.1) is 6.92 Å². The molecule has 0 spiro atoms. The lowest BCUT2D eigenvalue weighted by Gasteiger charge is -2.12. The molecule has 0 bridgehead atoms. The van der Waals surface area contributed by atoms with Crippen molar-refractivity contribution in [3.05, 3.63) is 70.4 Å². The van der Waals surface area contributed by atoms with E-state index < -0.39 is 0 Å². The number of ketones is 1. The Balaban J connectivity index is 1.54. The molecule has 0 aliphatic heterocycles. The molecule has 8 heteroatoms. The number of anilines is 1. The Hall–Kier alpha value is -2.71. The monoisotopic (exact) mass is 452 g/mol. The molecule has 2 aromatic heterocycles. The van der Waals surface area contributed by atoms with E-state index in [9.17, 15) is 9.59 Å². The van der Waals surface area contributed by atoms with Gasteiger partial charge in [0.05, 0.1) is 11.3 Å². The van der Waals surface area contributed by atoms with Crippen LogP contribution in [0.1, 0.15) is 45.0 Å². The van der Waals surface area contributed by atoms with Crippen molar-refractivity contribution in [1.29, 1.82) is 0 Å². The van der Waals surface area contributed by atoms with Crippen molar-refractivity contribution in [2.24, 2.45) is 0 Å². The number of carbonyl (C=O) groups is 2. The number of hydrogen-bond acceptors (Lipinski definition) is 6. The fourth-order valence-corrected chi connectivity index (χ4v) is 5.82. The maximum Gasteiger partial charge on any atom is 0.235 e. The second-order valence-corrected chi connectivity index (χ2v) is 9.42. The highest BCUT2D eigenvalue weighted by atomic mass is 32.2. The molecule has 0 saturated heterocycles. The number of rotatable bonds is 8. The molecule has 0 saturated carbocycles. The van der Waals surface area contributed by atoms with Crippen molar-refractivity contribution in [3.8, 4) is 0 Å². The van der Waals surface area contributed by atoms with Crippen LogP contribution in [0.25, 0.3) is 0 Å². The van der Waals surface area contributed by atoms with E-state index in [0.717, 1.165) is 37.1 Å². The first-order valence-electron chi connectivity index (χ1n) is 10.3. The molecule has 0 fully saturated rings. The number of fused-ring (bicyclic) bond motifs is 1. The van der Waals surface area contributed by atoms with Crippen LogP contribution in [0.3, 0.4) is 0 Å². The third-order valence-electron chi connectivity index (χ3n) is 5.23. The molecule has 1 N–H and O–H groups in total. The molecular weight excluding hydrogens is 428 g/mol. The second-order valence-electron chi connectivity index (χ2n) is 7.38. The normalized spacial score (nSPS) is 12.9. The maximum atomic E-state index is 13.3. The van der Waals surface area contributed by atoms with Crippen LogP contribution >= 0.6 is 23.1 Å². The molecule has 0 radical (unpaired) electrons. The van der Waals surface area contributed by atoms with E-state index in [1.807, 2.05) is 41.8 Å². The Labute approximate surface area is 189 Å². The first-order chi connectivity index (χ1) is 15.1. The average Bonchev–Trinajstić information content (AvgIpc) is 3.32. The van der Waals surface area contributed by atoms with Gasteiger partial charge in [-0.25, -0.2) is 0 Å². The summed E-state index contributed by atoms with van der Waals surface area (Å²) in [6.07, 6.45) is 5.81. The smallest absolute Gasteiger partial charge is 0.235 e. The first kappa shape index (κ1) is 21.5. The lowest BCUT2D eigenvalue weighted by Crippen LogP contribution is -2.17. The highest BCUT2D eigenvalue weighted by molar-refractivity contribution is 7.99. The van der Waals surface area contributed by atoms with Crippen molar-refractivity contribution in [2.45, 2.75) is 44.3 Å². The third kappa shape index (κ3) is 4.65. The minimum atomic E-state index is -0.156. The SMILES string of the molecule is C=CCn1c(C)nnc1SCC(=O)Nc1sc2c(c1C(=O)c1ccccc1)CCCC2. The molecule has 3 aromatic rings. The van der Waals surface area contributed by atoms with Gasteiger partial charge in [0.2, 0.25) is 5.91 Å². The molecule has 0 unspecified atom stereocenters. The van der Waals surface area contributed by atoms with Crippen LogP contribution in [0.4, 0.5) is 5.00 Å². The van der Waals surface area contributed by atoms with E-state index >= 15 is 0 Å². The summed E-state index contributed by atoms with van der Waals surface area (Å²) in [6, 6.07) is 9.27. The number of thiophene rings is 1. The molecule has 4 rings (SSSR count). The number of thioether (sulfide) groups is 1. The minimum Gasteiger partial charge on any atom is -0.316 e. The molecule has 1 aromatic carbocycles. The number of benzene rings is 1. The molecule has 1 aliphatic carbocycles. The van der Waals surface area contributed by atoms with Gasteiger partial charge in [0.15, 0.2) is 10.9 Å². The molecule has 2 heterocycles. The summed E-state index contributed by atoms with van der Waals surface area (Å²) in [7, 11) is 0. The zero-order valence-corrected chi connectivity index (χ0v) is 19.0. The van der Waals surface area contributed by atoms with Crippen LogP contribution in [0.5, 0.6) is 0 Å². The van der Waals surface area contributed by atoms with Crippen LogP contribution in [-0.2, 0) is 24.2 Å². The zero-order valence-electron chi connectivity index (χ0n) is 17.4. The quantitative estimate of drug-likeness (QED) is 0.305. The number of hydrogen-bond donors (Lipinski definition) is 1. The van der Waals surface area contributed by atoms with Gasteiger partial charge < -0.3 is 9.88 Å². The van der Waals surface area contributed by atoms with Gasteiger partial charge in [-0.15, -0.1) is 28.1 Å². The minimum absolute atomic E-state index is 0.0238. The Morgan fingerprint density at radius 3 is 2.77 bits per heavy atom. The molecule has 6 nitrogen and oxygen atoms in total. The summed E-state index contributed by atoms with van der Waals surface area (Å²) in [5.74, 6) is 0.793. The number of aryl methyl sites for hydroxylation is 2. The Morgan fingerprint density at radius 2 is 2.00 bits per heavy atom. The van der Waals surface area contributed by atoms with Crippen molar-refractivity contribution in [1.82, 2.24) is 14.8 Å². The summed E-state index contributed by atoms with van der Waals surface area (Å²) in [5, 5.41) is 12.6. The Bertz CT molecular complexity index is 1120. The second kappa shape index (κ2) is 9.62. The third-order valence-corrected chi connectivity index (χ3v) is 7.41. The van der Waals surface area contributed by atoms with Crippen LogP contribution in [0.15, 0.2) is 48.1 Å². The molecule has 160 valence electrons. The predicted molar refractivity (Wildman–Crippen MR) is 125 cm³/mol. The van der Waals surface area contributed by atoms with Gasteiger partial charge in [0, 0.05) is 17.0 Å². The van der Waals surface area contributed by atoms with Crippen LogP contribution in [0.2, 0.25) is 0 Å². The van der Waals surface area contributed by atoms with Crippen molar-refractivity contribution in [3.63, 3.8) is 0 Å². The summed E-state index contributed by atoms with van der Waals surface area (Å²) >= 11 is 2.87. The zero-order chi connectivity index (χ0) is 21.8. The van der Waals surface area contributed by atoms with Crippen molar-refractivity contribution in [2.75, 3.05) is 11.1 Å². The van der Waals surface area contributed by atoms with Gasteiger partial charge in [-0.1, -0.05) is 48.2 Å². The van der Waals surface area contributed by atoms with Gasteiger partial charge in [0.25, 0.3) is 0 Å². The van der Waals surface area contributed by atoms with Gasteiger partial charge in [-0.05, 0) is 38.2 Å². The van der Waals surface area contributed by atoms with E-state index in [2.05, 4.69) is 22.1 Å². The Kier molecular flexibility index (Phi) is 6.67. The van der Waals surface area contributed by atoms with Crippen molar-refractivity contribution < 1.29 is 9.59 Å². The number of nitrogens with zero attached hydrogens (tertiary/aromatic N) is 3. The summed E-state index contributed by atoms with van der Waals surface area (Å²) in [4.78, 5) is 27.3. The summed E-state index contributed by atoms with van der Waals surface area (Å²) < 4.78 is 1.92. The maximum absolute atomic E-state index is 13.3. The first-order valence-corrected chi connectivity index (χ1v) is 12.1. The lowest BCUT2D eigenvalue weighted by atomic mass is 9.92. The number of allylic oxidation sites excluding steroid dienone is 1. The van der Waals surface area contributed by atoms with E-state index in [4.69, 9.17) is 0 Å². The average molecular weight is 453 g/mol. The van der Waals surface area contributed by atoms with Gasteiger partial charge >= 0.3 is 0 Å². The molecule has 1 amide bonds. The highest BCUT2D eigenvalue weighted by Crippen LogP contribution is 2.39. The van der Waals surface area contributed by atoms with Gasteiger partial charge in [0.1, 0.15) is 10.8 Å². The van der Waals surface area contributed by atoms with Crippen molar-refractivity contribution >= 4 is 39.8 Å². The fraction of sp³-hybridized carbons (Fsp3) is 0.304. The van der Waals surface area contributed by atoms with E-state index in [0.29, 0.717) is 27.8 Å². The molecule has 1 aliphatic rings. The van der Waals surface area contributed by atoms with E-state index in [1.165, 1.54) is 16.6 Å². The summed E-state index contributed by atoms with van der Waals surface area (Å²) in [5.41, 5.74) is 2.41. The number of nitrogens with one attached hydrogen (secondary N) is 1. The number of carbonyl (C=O) groups excluding carboxylic acids is 2. The topological polar surface area (TPSA) is 76.9 Å². The standard InChI is InChI=1S/C23H24N4O2S2/c1-3-13-27-15(2)25-26-23(27)30-14-19(28)24-22-20(17-11-7-8-12-18(17)31-22)21(29)16-9-5-4-6-10-16/h3-6,9-10H,1,7-8,11-14H2,2H3,(H,24,28). The van der Waals surface area contributed by atoms with E-state index in [1.54, 1.807) is 17.4 Å². The fourth-order valence-electron chi connectivity index (χ4n) is 3.73. The Morgan fingerprint density at radius 1 is 1.23 bits per heavy atom. The highest BCUT2D eigenvalue weighted by Gasteiger charge is 2.27. The van der Waals surface area contributed by atoms with Gasteiger partial charge in [-0.2, -0.15) is 0 Å². The molecule has 0 atom stereocenters. The number of amides is 1. The van der Waals surface area contributed by atoms with Gasteiger partial charge in [-0.3, -0.25) is 9.59 Å². The predicted octanol–water partition coefficient (Wildman–Crippen LogP) is 4.67. The molecular formula is C23H24N4O2S2. The van der Waals surface area contributed by atoms with Crippen LogP contribution < -0.4 is 5.32 Å². The van der Waals surface area contributed by atoms with Crippen LogP contribution in [-0.4, -0.2) is 32.2 Å².